The smallest absolute Gasteiger partial charge is 0.335 e. The lowest BCUT2D eigenvalue weighted by Gasteiger charge is -2.31. The number of hydrogen-bond donors (Lipinski definition) is 3. The fourth-order valence-corrected chi connectivity index (χ4v) is 2.23. The lowest BCUT2D eigenvalue weighted by atomic mass is 10.1. The zero-order valence-corrected chi connectivity index (χ0v) is 12.4. The second-order valence-electron chi connectivity index (χ2n) is 4.97. The molecule has 21 heavy (non-hydrogen) atoms. The number of rotatable bonds is 3. The first-order valence-corrected chi connectivity index (χ1v) is 6.90. The van der Waals surface area contributed by atoms with Crippen LogP contribution in [-0.2, 0) is 0 Å². The number of aromatic carboxylic acids is 2. The number of carboxylic acids is 2. The number of likely N-dealkylation sites (tertiary alicyclic amines) is 1. The highest BCUT2D eigenvalue weighted by Crippen LogP contribution is 2.11. The Bertz CT molecular complexity index is 461. The molecule has 0 radical (unpaired) electrons. The number of piperidine rings is 1. The van der Waals surface area contributed by atoms with Crippen LogP contribution < -0.4 is 5.32 Å². The van der Waals surface area contributed by atoms with E-state index in [2.05, 4.69) is 17.3 Å². The van der Waals surface area contributed by atoms with Crippen molar-refractivity contribution in [3.05, 3.63) is 35.4 Å². The Balaban J connectivity index is 0.000000219. The van der Waals surface area contributed by atoms with E-state index in [0.29, 0.717) is 6.17 Å². The van der Waals surface area contributed by atoms with Gasteiger partial charge >= 0.3 is 11.9 Å². The maximum absolute atomic E-state index is 10.4. The molecule has 0 aliphatic carbocycles. The van der Waals surface area contributed by atoms with Crippen LogP contribution in [0.25, 0.3) is 0 Å². The van der Waals surface area contributed by atoms with Crippen LogP contribution in [-0.4, -0.2) is 53.9 Å². The summed E-state index contributed by atoms with van der Waals surface area (Å²) in [5.41, 5.74) is -0.0372. The Morgan fingerprint density at radius 1 is 1.19 bits per heavy atom. The third-order valence-corrected chi connectivity index (χ3v) is 3.46. The summed E-state index contributed by atoms with van der Waals surface area (Å²) in [7, 11) is 4.22. The number of nitrogens with zero attached hydrogens (tertiary/aromatic N) is 1. The molecule has 1 aliphatic rings. The highest BCUT2D eigenvalue weighted by Gasteiger charge is 2.15. The predicted molar refractivity (Wildman–Crippen MR) is 79.7 cm³/mol. The summed E-state index contributed by atoms with van der Waals surface area (Å²) >= 11 is 0. The summed E-state index contributed by atoms with van der Waals surface area (Å²) in [4.78, 5) is 23.1. The molecule has 1 fully saturated rings. The summed E-state index contributed by atoms with van der Waals surface area (Å²) in [6, 6.07) is 5.20. The van der Waals surface area contributed by atoms with Crippen molar-refractivity contribution in [2.45, 2.75) is 25.4 Å². The number of carbonyl (C=O) groups is 2. The highest BCUT2D eigenvalue weighted by atomic mass is 16.4. The second kappa shape index (κ2) is 8.39. The lowest BCUT2D eigenvalue weighted by Crippen LogP contribution is -2.44. The first-order valence-electron chi connectivity index (χ1n) is 6.90. The van der Waals surface area contributed by atoms with Gasteiger partial charge in [-0.25, -0.2) is 9.59 Å². The van der Waals surface area contributed by atoms with E-state index < -0.39 is 11.9 Å². The van der Waals surface area contributed by atoms with E-state index in [1.807, 2.05) is 7.05 Å². The van der Waals surface area contributed by atoms with Gasteiger partial charge in [0, 0.05) is 0 Å². The first kappa shape index (κ1) is 17.1. The fourth-order valence-electron chi connectivity index (χ4n) is 2.23. The van der Waals surface area contributed by atoms with Crippen LogP contribution in [0.15, 0.2) is 24.3 Å². The minimum atomic E-state index is -1.13. The zero-order valence-electron chi connectivity index (χ0n) is 12.4. The molecular weight excluding hydrogens is 272 g/mol. The highest BCUT2D eigenvalue weighted by molar-refractivity contribution is 5.93. The van der Waals surface area contributed by atoms with Crippen molar-refractivity contribution in [1.29, 1.82) is 0 Å². The van der Waals surface area contributed by atoms with E-state index in [4.69, 9.17) is 10.2 Å². The van der Waals surface area contributed by atoms with Crippen LogP contribution in [0.3, 0.4) is 0 Å². The normalized spacial score (nSPS) is 18.5. The van der Waals surface area contributed by atoms with Gasteiger partial charge in [-0.2, -0.15) is 0 Å². The molecule has 3 N–H and O–H groups in total. The molecule has 1 aromatic carbocycles. The summed E-state index contributed by atoms with van der Waals surface area (Å²) in [5.74, 6) is -2.25. The van der Waals surface area contributed by atoms with Crippen molar-refractivity contribution >= 4 is 11.9 Å². The van der Waals surface area contributed by atoms with Gasteiger partial charge in [-0.1, -0.05) is 6.07 Å². The third-order valence-electron chi connectivity index (χ3n) is 3.46. The summed E-state index contributed by atoms with van der Waals surface area (Å²) in [5, 5.41) is 20.3. The molecule has 0 amide bonds. The molecule has 0 saturated carbocycles. The monoisotopic (exact) mass is 294 g/mol. The summed E-state index contributed by atoms with van der Waals surface area (Å²) in [6.45, 7) is 1.26. The Labute approximate surface area is 124 Å². The van der Waals surface area contributed by atoms with Gasteiger partial charge in [-0.05, 0) is 58.1 Å². The molecule has 6 nitrogen and oxygen atoms in total. The maximum atomic E-state index is 10.4. The molecule has 0 spiro atoms. The van der Waals surface area contributed by atoms with Crippen molar-refractivity contribution in [3.63, 3.8) is 0 Å². The van der Waals surface area contributed by atoms with E-state index in [-0.39, 0.29) is 11.1 Å². The number of benzene rings is 1. The summed E-state index contributed by atoms with van der Waals surface area (Å²) in [6.07, 6.45) is 4.70. The van der Waals surface area contributed by atoms with E-state index in [1.165, 1.54) is 44.0 Å². The van der Waals surface area contributed by atoms with Crippen molar-refractivity contribution < 1.29 is 19.8 Å². The molecule has 1 aliphatic heterocycles. The van der Waals surface area contributed by atoms with Gasteiger partial charge in [0.2, 0.25) is 0 Å². The molecule has 1 heterocycles. The first-order chi connectivity index (χ1) is 9.95. The largest absolute Gasteiger partial charge is 0.478 e. The van der Waals surface area contributed by atoms with Gasteiger partial charge in [-0.3, -0.25) is 4.90 Å². The Morgan fingerprint density at radius 3 is 2.14 bits per heavy atom. The van der Waals surface area contributed by atoms with Gasteiger partial charge in [0.25, 0.3) is 0 Å². The van der Waals surface area contributed by atoms with E-state index in [9.17, 15) is 9.59 Å². The van der Waals surface area contributed by atoms with E-state index in [0.717, 1.165) is 6.07 Å². The predicted octanol–water partition coefficient (Wildman–Crippen LogP) is 1.73. The van der Waals surface area contributed by atoms with Gasteiger partial charge in [0.1, 0.15) is 0 Å². The standard InChI is InChI=1S/C8H6O4.C7H16N2/c9-7(10)5-2-1-3-6(4-5)8(11)12;1-8-7-5-3-4-6-9(7)2/h1-4H,(H,9,10)(H,11,12);7-8H,3-6H2,1-2H3. The zero-order chi connectivity index (χ0) is 15.8. The maximum Gasteiger partial charge on any atom is 0.335 e. The Hall–Kier alpha value is -1.92. The summed E-state index contributed by atoms with van der Waals surface area (Å²) < 4.78 is 0. The van der Waals surface area contributed by atoms with Crippen LogP contribution in [0, 0.1) is 0 Å². The van der Waals surface area contributed by atoms with Gasteiger partial charge < -0.3 is 15.5 Å². The number of carboxylic acid groups (broad SMARTS) is 2. The average Bonchev–Trinajstić information content (AvgIpc) is 2.48. The minimum absolute atomic E-state index is 0.0186. The van der Waals surface area contributed by atoms with Crippen molar-refractivity contribution in [2.24, 2.45) is 0 Å². The molecule has 116 valence electrons. The van der Waals surface area contributed by atoms with Crippen LogP contribution in [0.5, 0.6) is 0 Å². The van der Waals surface area contributed by atoms with Gasteiger partial charge in [0.15, 0.2) is 0 Å². The fraction of sp³-hybridized carbons (Fsp3) is 0.467. The van der Waals surface area contributed by atoms with Crippen LogP contribution >= 0.6 is 0 Å². The molecule has 6 heteroatoms. The topological polar surface area (TPSA) is 89.9 Å². The number of hydrogen-bond acceptors (Lipinski definition) is 4. The molecule has 1 aromatic rings. The molecule has 0 aromatic heterocycles. The minimum Gasteiger partial charge on any atom is -0.478 e. The molecule has 1 saturated heterocycles. The van der Waals surface area contributed by atoms with E-state index in [1.54, 1.807) is 0 Å². The SMILES string of the molecule is CNC1CCCCN1C.O=C(O)c1cccc(C(=O)O)c1. The van der Waals surface area contributed by atoms with Gasteiger partial charge in [-0.15, -0.1) is 0 Å². The van der Waals surface area contributed by atoms with Crippen LogP contribution in [0.4, 0.5) is 0 Å². The molecule has 0 bridgehead atoms. The van der Waals surface area contributed by atoms with E-state index >= 15 is 0 Å². The van der Waals surface area contributed by atoms with Crippen LogP contribution in [0.1, 0.15) is 40.0 Å². The molecular formula is C15H22N2O4. The van der Waals surface area contributed by atoms with Gasteiger partial charge in [0.05, 0.1) is 17.3 Å². The Morgan fingerprint density at radius 2 is 1.76 bits per heavy atom. The number of nitrogens with one attached hydrogen (secondary N) is 1. The molecule has 1 atom stereocenters. The molecule has 1 unspecified atom stereocenters. The van der Waals surface area contributed by atoms with Crippen LogP contribution in [0.2, 0.25) is 0 Å². The second-order valence-corrected chi connectivity index (χ2v) is 4.97. The van der Waals surface area contributed by atoms with Crippen molar-refractivity contribution in [3.8, 4) is 0 Å². The average molecular weight is 294 g/mol. The quantitative estimate of drug-likeness (QED) is 0.786. The Kier molecular flexibility index (Phi) is 6.84. The third kappa shape index (κ3) is 5.53. The van der Waals surface area contributed by atoms with Crippen molar-refractivity contribution in [2.75, 3.05) is 20.6 Å². The molecule has 2 rings (SSSR count). The lowest BCUT2D eigenvalue weighted by molar-refractivity contribution is 0.0696. The van der Waals surface area contributed by atoms with Crippen molar-refractivity contribution in [1.82, 2.24) is 10.2 Å².